The van der Waals surface area contributed by atoms with Gasteiger partial charge in [0, 0.05) is 6.42 Å². The normalized spacial score (nSPS) is 16.7. The van der Waals surface area contributed by atoms with Crippen LogP contribution in [0.15, 0.2) is 12.1 Å². The van der Waals surface area contributed by atoms with Crippen LogP contribution in [0, 0.1) is 11.3 Å². The molecule has 0 bridgehead atoms. The highest BCUT2D eigenvalue weighted by atomic mass is 16.3. The first kappa shape index (κ1) is 15.9. The summed E-state index contributed by atoms with van der Waals surface area (Å²) in [6, 6.07) is 6.47. The number of aromatic hydroxyl groups is 1. The number of hydrogen-bond acceptors (Lipinski definition) is 2. The van der Waals surface area contributed by atoms with Gasteiger partial charge >= 0.3 is 0 Å². The summed E-state index contributed by atoms with van der Waals surface area (Å²) in [6.45, 7) is 6.42. The molecule has 1 aromatic carbocycles. The van der Waals surface area contributed by atoms with Crippen LogP contribution in [0.25, 0.3) is 0 Å². The highest BCUT2D eigenvalue weighted by molar-refractivity contribution is 5.49. The Hall–Kier alpha value is -1.49. The summed E-state index contributed by atoms with van der Waals surface area (Å²) in [4.78, 5) is 0. The lowest BCUT2D eigenvalue weighted by Gasteiger charge is -2.28. The van der Waals surface area contributed by atoms with Gasteiger partial charge in [-0.2, -0.15) is 5.26 Å². The van der Waals surface area contributed by atoms with E-state index >= 15 is 0 Å². The van der Waals surface area contributed by atoms with E-state index in [1.54, 1.807) is 0 Å². The number of aryl methyl sites for hydroxylation is 1. The fraction of sp³-hybridized carbons (Fsp3) is 0.632. The Morgan fingerprint density at radius 2 is 1.86 bits per heavy atom. The lowest BCUT2D eigenvalue weighted by Crippen LogP contribution is -2.14. The molecule has 0 saturated heterocycles. The largest absolute Gasteiger partial charge is 0.507 e. The van der Waals surface area contributed by atoms with Crippen LogP contribution >= 0.6 is 0 Å². The zero-order valence-electron chi connectivity index (χ0n) is 13.6. The molecule has 1 N–H and O–H groups in total. The van der Waals surface area contributed by atoms with E-state index in [4.69, 9.17) is 5.26 Å². The van der Waals surface area contributed by atoms with Crippen molar-refractivity contribution in [3.05, 3.63) is 28.8 Å². The van der Waals surface area contributed by atoms with Crippen molar-refractivity contribution in [2.75, 3.05) is 0 Å². The Bertz CT molecular complexity index is 528. The summed E-state index contributed by atoms with van der Waals surface area (Å²) in [5, 5.41) is 19.6. The van der Waals surface area contributed by atoms with Crippen LogP contribution in [0.2, 0.25) is 0 Å². The number of benzene rings is 1. The van der Waals surface area contributed by atoms with E-state index in [2.05, 4.69) is 39.0 Å². The second-order valence-corrected chi connectivity index (χ2v) is 7.32. The van der Waals surface area contributed by atoms with E-state index in [9.17, 15) is 5.11 Å². The van der Waals surface area contributed by atoms with Crippen molar-refractivity contribution in [3.63, 3.8) is 0 Å². The van der Waals surface area contributed by atoms with Crippen LogP contribution < -0.4 is 0 Å². The Morgan fingerprint density at radius 1 is 1.19 bits per heavy atom. The van der Waals surface area contributed by atoms with Crippen molar-refractivity contribution in [3.8, 4) is 11.8 Å². The van der Waals surface area contributed by atoms with E-state index in [0.29, 0.717) is 18.1 Å². The maximum Gasteiger partial charge on any atom is 0.122 e. The third-order valence-electron chi connectivity index (χ3n) is 4.58. The van der Waals surface area contributed by atoms with Crippen molar-refractivity contribution in [1.29, 1.82) is 5.26 Å². The molecule has 1 saturated carbocycles. The van der Waals surface area contributed by atoms with Crippen LogP contribution in [0.1, 0.15) is 81.9 Å². The van der Waals surface area contributed by atoms with Gasteiger partial charge in [-0.25, -0.2) is 0 Å². The first-order chi connectivity index (χ1) is 9.93. The fourth-order valence-electron chi connectivity index (χ4n) is 3.36. The topological polar surface area (TPSA) is 44.0 Å². The monoisotopic (exact) mass is 285 g/mol. The van der Waals surface area contributed by atoms with Gasteiger partial charge in [-0.15, -0.1) is 0 Å². The van der Waals surface area contributed by atoms with E-state index in [1.807, 2.05) is 0 Å². The lowest BCUT2D eigenvalue weighted by molar-refractivity contribution is 0.402. The van der Waals surface area contributed by atoms with Crippen molar-refractivity contribution >= 4 is 0 Å². The van der Waals surface area contributed by atoms with Gasteiger partial charge in [-0.1, -0.05) is 52.2 Å². The molecule has 0 aliphatic heterocycles. The van der Waals surface area contributed by atoms with Gasteiger partial charge in [0.05, 0.1) is 6.07 Å². The molecule has 0 heterocycles. The smallest absolute Gasteiger partial charge is 0.122 e. The molecule has 0 atom stereocenters. The molecule has 0 unspecified atom stereocenters. The second kappa shape index (κ2) is 6.52. The standard InChI is InChI=1S/C19H27NO/c1-19(2,3)17-13-14(8-7-11-20)12-16(18(17)21)15-9-5-4-6-10-15/h12-13,15,21H,4-10H2,1-3H3. The van der Waals surface area contributed by atoms with Crippen molar-refractivity contribution in [1.82, 2.24) is 0 Å². The molecule has 1 aliphatic rings. The number of phenols is 1. The summed E-state index contributed by atoms with van der Waals surface area (Å²) < 4.78 is 0. The number of nitrogens with zero attached hydrogens (tertiary/aromatic N) is 1. The quantitative estimate of drug-likeness (QED) is 0.830. The van der Waals surface area contributed by atoms with Gasteiger partial charge < -0.3 is 5.11 Å². The van der Waals surface area contributed by atoms with Crippen molar-refractivity contribution < 1.29 is 5.11 Å². The number of rotatable bonds is 3. The minimum atomic E-state index is -0.0733. The summed E-state index contributed by atoms with van der Waals surface area (Å²) in [5.74, 6) is 0.983. The number of phenolic OH excluding ortho intramolecular Hbond substituents is 1. The molecule has 0 aromatic heterocycles. The zero-order valence-corrected chi connectivity index (χ0v) is 13.6. The van der Waals surface area contributed by atoms with Gasteiger partial charge in [0.25, 0.3) is 0 Å². The van der Waals surface area contributed by atoms with Gasteiger partial charge in [-0.05, 0) is 47.3 Å². The zero-order chi connectivity index (χ0) is 15.5. The van der Waals surface area contributed by atoms with E-state index in [0.717, 1.165) is 17.5 Å². The summed E-state index contributed by atoms with van der Waals surface area (Å²) in [6.07, 6.45) is 7.52. The number of nitriles is 1. The molecule has 1 aromatic rings. The first-order valence-corrected chi connectivity index (χ1v) is 8.16. The minimum absolute atomic E-state index is 0.0733. The molecular formula is C19H27NO. The summed E-state index contributed by atoms with van der Waals surface area (Å²) in [7, 11) is 0. The van der Waals surface area contributed by atoms with E-state index < -0.39 is 0 Å². The average Bonchev–Trinajstić information content (AvgIpc) is 2.46. The third-order valence-corrected chi connectivity index (χ3v) is 4.58. The molecule has 21 heavy (non-hydrogen) atoms. The lowest BCUT2D eigenvalue weighted by atomic mass is 9.78. The van der Waals surface area contributed by atoms with Crippen LogP contribution in [0.5, 0.6) is 5.75 Å². The Labute approximate surface area is 128 Å². The van der Waals surface area contributed by atoms with E-state index in [-0.39, 0.29) is 5.41 Å². The van der Waals surface area contributed by atoms with Crippen LogP contribution in [-0.4, -0.2) is 5.11 Å². The molecule has 114 valence electrons. The Kier molecular flexibility index (Phi) is 4.93. The van der Waals surface area contributed by atoms with Gasteiger partial charge in [-0.3, -0.25) is 0 Å². The first-order valence-electron chi connectivity index (χ1n) is 8.16. The molecule has 2 nitrogen and oxygen atoms in total. The molecule has 0 amide bonds. The molecule has 2 rings (SSSR count). The molecule has 2 heteroatoms. The Morgan fingerprint density at radius 3 is 2.43 bits per heavy atom. The predicted molar refractivity (Wildman–Crippen MR) is 86.6 cm³/mol. The highest BCUT2D eigenvalue weighted by Gasteiger charge is 2.25. The second-order valence-electron chi connectivity index (χ2n) is 7.32. The highest BCUT2D eigenvalue weighted by Crippen LogP contribution is 2.42. The molecule has 1 fully saturated rings. The third kappa shape index (κ3) is 3.79. The maximum atomic E-state index is 10.8. The van der Waals surface area contributed by atoms with Gasteiger partial charge in [0.1, 0.15) is 5.75 Å². The summed E-state index contributed by atoms with van der Waals surface area (Å²) in [5.41, 5.74) is 3.27. The molecule has 0 spiro atoms. The van der Waals surface area contributed by atoms with Crippen LogP contribution in [0.4, 0.5) is 0 Å². The fourth-order valence-corrected chi connectivity index (χ4v) is 3.36. The number of hydrogen-bond donors (Lipinski definition) is 1. The summed E-state index contributed by atoms with van der Waals surface area (Å²) >= 11 is 0. The van der Waals surface area contributed by atoms with Crippen molar-refractivity contribution in [2.24, 2.45) is 0 Å². The molecule has 1 aliphatic carbocycles. The minimum Gasteiger partial charge on any atom is -0.507 e. The maximum absolute atomic E-state index is 10.8. The van der Waals surface area contributed by atoms with Gasteiger partial charge in [0.2, 0.25) is 0 Å². The molecule has 0 radical (unpaired) electrons. The predicted octanol–water partition coefficient (Wildman–Crippen LogP) is 5.19. The van der Waals surface area contributed by atoms with E-state index in [1.165, 1.54) is 37.7 Å². The van der Waals surface area contributed by atoms with Crippen LogP contribution in [0.3, 0.4) is 0 Å². The Balaban J connectivity index is 2.44. The molecular weight excluding hydrogens is 258 g/mol. The van der Waals surface area contributed by atoms with Crippen molar-refractivity contribution in [2.45, 2.75) is 77.0 Å². The van der Waals surface area contributed by atoms with Crippen LogP contribution in [-0.2, 0) is 11.8 Å². The average molecular weight is 285 g/mol. The van der Waals surface area contributed by atoms with Gasteiger partial charge in [0.15, 0.2) is 0 Å². The SMILES string of the molecule is CC(C)(C)c1cc(CCC#N)cc(C2CCCCC2)c1O.